The molecule has 0 bridgehead atoms. The molecule has 2 atom stereocenters. The Morgan fingerprint density at radius 1 is 1.62 bits per heavy atom. The van der Waals surface area contributed by atoms with E-state index in [9.17, 15) is 0 Å². The second kappa shape index (κ2) is 4.79. The normalized spacial score (nSPS) is 15.7. The Kier molecular flexibility index (Phi) is 3.96. The summed E-state index contributed by atoms with van der Waals surface area (Å²) >= 11 is 3.38. The van der Waals surface area contributed by atoms with E-state index < -0.39 is 0 Å². The summed E-state index contributed by atoms with van der Waals surface area (Å²) in [5.41, 5.74) is 0. The molecule has 74 valence electrons. The molecule has 0 aliphatic rings. The summed E-state index contributed by atoms with van der Waals surface area (Å²) in [7, 11) is 0. The van der Waals surface area contributed by atoms with Crippen LogP contribution in [0, 0.1) is 0 Å². The fourth-order valence-electron chi connectivity index (χ4n) is 1.17. The lowest BCUT2D eigenvalue weighted by atomic mass is 10.2. The summed E-state index contributed by atoms with van der Waals surface area (Å²) in [6, 6.07) is 2.04. The average molecular weight is 248 g/mol. The van der Waals surface area contributed by atoms with Crippen molar-refractivity contribution in [2.24, 2.45) is 0 Å². The Morgan fingerprint density at radius 2 is 2.31 bits per heavy atom. The Labute approximate surface area is 86.3 Å². The predicted molar refractivity (Wildman–Crippen MR) is 54.5 cm³/mol. The molecule has 0 saturated heterocycles. The van der Waals surface area contributed by atoms with Crippen LogP contribution in [-0.2, 0) is 0 Å². The molecule has 0 aliphatic heterocycles. The van der Waals surface area contributed by atoms with Crippen LogP contribution in [0.15, 0.2) is 21.2 Å². The number of aliphatic hydroxyl groups is 1. The lowest BCUT2D eigenvalue weighted by Gasteiger charge is -2.16. The summed E-state index contributed by atoms with van der Waals surface area (Å²) in [6.45, 7) is 4.05. The zero-order valence-electron chi connectivity index (χ0n) is 7.75. The van der Waals surface area contributed by atoms with Gasteiger partial charge < -0.3 is 14.8 Å². The van der Waals surface area contributed by atoms with Crippen molar-refractivity contribution in [3.8, 4) is 0 Å². The highest BCUT2D eigenvalue weighted by atomic mass is 79.9. The van der Waals surface area contributed by atoms with Crippen molar-refractivity contribution in [1.82, 2.24) is 5.32 Å². The largest absolute Gasteiger partial charge is 0.466 e. The van der Waals surface area contributed by atoms with Crippen molar-refractivity contribution in [3.05, 3.63) is 22.6 Å². The third kappa shape index (κ3) is 2.83. The van der Waals surface area contributed by atoms with Gasteiger partial charge in [0.1, 0.15) is 5.76 Å². The molecule has 1 heterocycles. The minimum absolute atomic E-state index is 0.0759. The van der Waals surface area contributed by atoms with Crippen molar-refractivity contribution in [2.45, 2.75) is 25.9 Å². The quantitative estimate of drug-likeness (QED) is 0.857. The highest BCUT2D eigenvalue weighted by molar-refractivity contribution is 9.10. The molecule has 0 amide bonds. The molecule has 4 heteroatoms. The van der Waals surface area contributed by atoms with Gasteiger partial charge in [-0.05, 0) is 35.8 Å². The van der Waals surface area contributed by atoms with E-state index >= 15 is 0 Å². The molecule has 1 aromatic rings. The van der Waals surface area contributed by atoms with Gasteiger partial charge in [0.15, 0.2) is 0 Å². The SMILES string of the molecule is CC(N[C@H](C)CO)c1occc1Br. The molecule has 0 saturated carbocycles. The minimum Gasteiger partial charge on any atom is -0.466 e. The summed E-state index contributed by atoms with van der Waals surface area (Å²) in [6.07, 6.45) is 1.64. The van der Waals surface area contributed by atoms with Crippen LogP contribution in [0.25, 0.3) is 0 Å². The van der Waals surface area contributed by atoms with E-state index in [2.05, 4.69) is 21.2 Å². The first kappa shape index (κ1) is 10.8. The number of hydrogen-bond donors (Lipinski definition) is 2. The monoisotopic (exact) mass is 247 g/mol. The van der Waals surface area contributed by atoms with Crippen molar-refractivity contribution in [3.63, 3.8) is 0 Å². The fraction of sp³-hybridized carbons (Fsp3) is 0.556. The second-order valence-electron chi connectivity index (χ2n) is 3.10. The minimum atomic E-state index is 0.0759. The van der Waals surface area contributed by atoms with E-state index in [1.54, 1.807) is 6.26 Å². The van der Waals surface area contributed by atoms with E-state index in [1.807, 2.05) is 19.9 Å². The van der Waals surface area contributed by atoms with Gasteiger partial charge in [0.25, 0.3) is 0 Å². The smallest absolute Gasteiger partial charge is 0.134 e. The first-order valence-corrected chi connectivity index (χ1v) is 5.04. The number of aliphatic hydroxyl groups excluding tert-OH is 1. The third-order valence-electron chi connectivity index (χ3n) is 1.85. The highest BCUT2D eigenvalue weighted by Gasteiger charge is 2.14. The van der Waals surface area contributed by atoms with E-state index in [1.165, 1.54) is 0 Å². The lowest BCUT2D eigenvalue weighted by Crippen LogP contribution is -2.31. The van der Waals surface area contributed by atoms with Gasteiger partial charge in [-0.2, -0.15) is 0 Å². The van der Waals surface area contributed by atoms with Gasteiger partial charge in [0.05, 0.1) is 23.4 Å². The van der Waals surface area contributed by atoms with Gasteiger partial charge in [-0.3, -0.25) is 0 Å². The van der Waals surface area contributed by atoms with E-state index in [0.29, 0.717) is 0 Å². The predicted octanol–water partition coefficient (Wildman–Crippen LogP) is 2.07. The number of furan rings is 1. The molecule has 0 fully saturated rings. The molecule has 2 N–H and O–H groups in total. The van der Waals surface area contributed by atoms with Crippen LogP contribution in [-0.4, -0.2) is 17.8 Å². The Hall–Kier alpha value is -0.320. The zero-order chi connectivity index (χ0) is 9.84. The Morgan fingerprint density at radius 3 is 2.77 bits per heavy atom. The first-order chi connectivity index (χ1) is 6.15. The maximum atomic E-state index is 8.85. The molecule has 3 nitrogen and oxygen atoms in total. The van der Waals surface area contributed by atoms with Crippen LogP contribution < -0.4 is 5.32 Å². The van der Waals surface area contributed by atoms with Crippen molar-refractivity contribution < 1.29 is 9.52 Å². The molecule has 0 aliphatic carbocycles. The Bertz CT molecular complexity index is 262. The van der Waals surface area contributed by atoms with Crippen molar-refractivity contribution >= 4 is 15.9 Å². The van der Waals surface area contributed by atoms with Crippen LogP contribution in [0.5, 0.6) is 0 Å². The van der Waals surface area contributed by atoms with Crippen molar-refractivity contribution in [1.29, 1.82) is 0 Å². The summed E-state index contributed by atoms with van der Waals surface area (Å²) in [4.78, 5) is 0. The fourth-order valence-corrected chi connectivity index (χ4v) is 1.71. The van der Waals surface area contributed by atoms with Gasteiger partial charge in [-0.15, -0.1) is 0 Å². The average Bonchev–Trinajstić information content (AvgIpc) is 2.51. The number of halogens is 1. The van der Waals surface area contributed by atoms with E-state index in [0.717, 1.165) is 10.2 Å². The topological polar surface area (TPSA) is 45.4 Å². The number of rotatable bonds is 4. The number of hydrogen-bond acceptors (Lipinski definition) is 3. The molecular weight excluding hydrogens is 234 g/mol. The van der Waals surface area contributed by atoms with Gasteiger partial charge in [-0.1, -0.05) is 0 Å². The molecule has 1 rings (SSSR count). The van der Waals surface area contributed by atoms with E-state index in [-0.39, 0.29) is 18.7 Å². The Balaban J connectivity index is 2.58. The van der Waals surface area contributed by atoms with Crippen LogP contribution >= 0.6 is 15.9 Å². The second-order valence-corrected chi connectivity index (χ2v) is 3.96. The first-order valence-electron chi connectivity index (χ1n) is 4.25. The zero-order valence-corrected chi connectivity index (χ0v) is 9.34. The molecule has 0 spiro atoms. The van der Waals surface area contributed by atoms with Crippen LogP contribution in [0.1, 0.15) is 25.6 Å². The lowest BCUT2D eigenvalue weighted by molar-refractivity contribution is 0.238. The molecule has 0 aromatic carbocycles. The molecular formula is C9H14BrNO2. The summed E-state index contributed by atoms with van der Waals surface area (Å²) in [5.74, 6) is 0.861. The van der Waals surface area contributed by atoms with Gasteiger partial charge in [0, 0.05) is 6.04 Å². The maximum absolute atomic E-state index is 8.85. The molecule has 1 aromatic heterocycles. The van der Waals surface area contributed by atoms with Gasteiger partial charge in [-0.25, -0.2) is 0 Å². The summed E-state index contributed by atoms with van der Waals surface area (Å²) < 4.78 is 6.24. The maximum Gasteiger partial charge on any atom is 0.134 e. The molecule has 13 heavy (non-hydrogen) atoms. The van der Waals surface area contributed by atoms with E-state index in [4.69, 9.17) is 9.52 Å². The highest BCUT2D eigenvalue weighted by Crippen LogP contribution is 2.24. The number of nitrogens with one attached hydrogen (secondary N) is 1. The standard InChI is InChI=1S/C9H14BrNO2/c1-6(5-12)11-7(2)9-8(10)3-4-13-9/h3-4,6-7,11-12H,5H2,1-2H3/t6-,7?/m1/s1. The van der Waals surface area contributed by atoms with Gasteiger partial charge in [0.2, 0.25) is 0 Å². The van der Waals surface area contributed by atoms with Crippen molar-refractivity contribution in [2.75, 3.05) is 6.61 Å². The third-order valence-corrected chi connectivity index (χ3v) is 2.50. The molecule has 0 radical (unpaired) electrons. The van der Waals surface area contributed by atoms with Crippen LogP contribution in [0.2, 0.25) is 0 Å². The van der Waals surface area contributed by atoms with Crippen LogP contribution in [0.3, 0.4) is 0 Å². The van der Waals surface area contributed by atoms with Gasteiger partial charge >= 0.3 is 0 Å². The van der Waals surface area contributed by atoms with Crippen LogP contribution in [0.4, 0.5) is 0 Å². The summed E-state index contributed by atoms with van der Waals surface area (Å²) in [5, 5.41) is 12.0. The molecule has 1 unspecified atom stereocenters.